The number of rotatable bonds is 2. The molecule has 322 valence electrons. The Labute approximate surface area is 380 Å². The molecule has 0 aromatic heterocycles. The molecule has 2 nitrogen and oxygen atoms in total. The highest BCUT2D eigenvalue weighted by molar-refractivity contribution is 7.00. The minimum absolute atomic E-state index is 0.00531. The minimum Gasteiger partial charge on any atom is -0.311 e. The number of benzene rings is 5. The summed E-state index contributed by atoms with van der Waals surface area (Å²) in [6.45, 7) is 38.0. The van der Waals surface area contributed by atoms with Crippen LogP contribution in [0, 0.1) is 20.7 Å². The fourth-order valence-electron chi connectivity index (χ4n) is 14.1. The topological polar surface area (TPSA) is 6.48 Å². The van der Waals surface area contributed by atoms with Gasteiger partial charge in [-0.25, -0.2) is 0 Å². The molecule has 0 N–H and O–H groups in total. The fourth-order valence-corrected chi connectivity index (χ4v) is 14.1. The van der Waals surface area contributed by atoms with Crippen LogP contribution in [0.2, 0.25) is 0 Å². The second-order valence-corrected chi connectivity index (χ2v) is 25.5. The summed E-state index contributed by atoms with van der Waals surface area (Å²) in [4.78, 5) is 4.99. The SMILES string of the molecule is [2H]C([2H])([2H])c1cc2c3c(c1)N(c1ccc4c(c1C)C(C)(C)CC4(C)C)c1cc4c(cc1B3c1cc(C(C)(C)C)ccc1N2c1cc2c(cc1C)C(C)(C)CCC2(C)C)C(C)(C)CC4(C)C. The Hall–Kier alpha value is -4.24. The molecule has 0 atom stereocenters. The van der Waals surface area contributed by atoms with Crippen molar-refractivity contribution in [2.24, 2.45) is 0 Å². The maximum absolute atomic E-state index is 9.15. The Morgan fingerprint density at radius 2 is 1.00 bits per heavy atom. The average molecular weight is 824 g/mol. The number of hydrogen-bond acceptors (Lipinski definition) is 2. The van der Waals surface area contributed by atoms with Crippen LogP contribution in [0.3, 0.4) is 0 Å². The van der Waals surface area contributed by atoms with Crippen LogP contribution in [-0.2, 0) is 37.9 Å². The second kappa shape index (κ2) is 12.5. The van der Waals surface area contributed by atoms with Crippen LogP contribution in [0.4, 0.5) is 34.1 Å². The van der Waals surface area contributed by atoms with Gasteiger partial charge in [-0.3, -0.25) is 0 Å². The lowest BCUT2D eigenvalue weighted by atomic mass is 9.33. The fraction of sp³-hybridized carbons (Fsp3) is 0.492. The summed E-state index contributed by atoms with van der Waals surface area (Å²) < 4.78 is 27.5. The summed E-state index contributed by atoms with van der Waals surface area (Å²) in [7, 11) is 0. The van der Waals surface area contributed by atoms with Gasteiger partial charge in [0.2, 0.25) is 0 Å². The summed E-state index contributed by atoms with van der Waals surface area (Å²) >= 11 is 0. The van der Waals surface area contributed by atoms with Gasteiger partial charge in [0, 0.05) is 38.2 Å². The largest absolute Gasteiger partial charge is 0.311 e. The van der Waals surface area contributed by atoms with Crippen molar-refractivity contribution < 1.29 is 4.11 Å². The van der Waals surface area contributed by atoms with Crippen molar-refractivity contribution in [1.29, 1.82) is 0 Å². The summed E-state index contributed by atoms with van der Waals surface area (Å²) in [6, 6.07) is 26.1. The molecule has 0 saturated carbocycles. The maximum atomic E-state index is 9.15. The highest BCUT2D eigenvalue weighted by Gasteiger charge is 2.50. The molecule has 0 amide bonds. The Morgan fingerprint density at radius 3 is 1.61 bits per heavy atom. The molecule has 0 unspecified atom stereocenters. The van der Waals surface area contributed by atoms with Crippen LogP contribution in [0.15, 0.2) is 66.7 Å². The predicted molar refractivity (Wildman–Crippen MR) is 270 cm³/mol. The molecule has 0 spiro atoms. The molecular formula is C59H73BN2. The van der Waals surface area contributed by atoms with E-state index in [1.807, 2.05) is 12.1 Å². The molecular weight excluding hydrogens is 747 g/mol. The van der Waals surface area contributed by atoms with Gasteiger partial charge in [-0.15, -0.1) is 0 Å². The van der Waals surface area contributed by atoms with Gasteiger partial charge < -0.3 is 9.80 Å². The normalized spacial score (nSPS) is 22.1. The first-order chi connectivity index (χ1) is 29.8. The Kier molecular flexibility index (Phi) is 7.72. The molecule has 3 heteroatoms. The summed E-state index contributed by atoms with van der Waals surface area (Å²) in [5.74, 6) is 0. The molecule has 2 heterocycles. The van der Waals surface area contributed by atoms with E-state index in [-0.39, 0.29) is 44.6 Å². The highest BCUT2D eigenvalue weighted by atomic mass is 15.2. The summed E-state index contributed by atoms with van der Waals surface area (Å²) in [6.07, 6.45) is 4.40. The lowest BCUT2D eigenvalue weighted by molar-refractivity contribution is 0.332. The first-order valence-electron chi connectivity index (χ1n) is 25.2. The zero-order chi connectivity index (χ0) is 47.3. The summed E-state index contributed by atoms with van der Waals surface area (Å²) in [5, 5.41) is 0. The van der Waals surface area contributed by atoms with Gasteiger partial charge in [0.1, 0.15) is 0 Å². The standard InChI is InChI=1S/C59H73BN2/c1-34-25-49-52-50(26-34)62(47-30-41-39(27-35(47)2)54(7,8)23-24-55(41,9)10)46-21-19-37(53(4,5)6)28-43(46)60(52)44-29-40-42(58(15,16)32-57(40,13)14)31-48(44)61(49)45-22-20-38-51(36(45)3)59(17,18)33-56(38,11)12/h19-22,25-31H,23-24,32-33H2,1-18H3/i1D3. The molecule has 0 fully saturated rings. The van der Waals surface area contributed by atoms with E-state index in [0.29, 0.717) is 5.56 Å². The van der Waals surface area contributed by atoms with Gasteiger partial charge in [0.15, 0.2) is 0 Å². The number of fused-ring (bicyclic) bond motifs is 7. The van der Waals surface area contributed by atoms with E-state index in [4.69, 9.17) is 4.11 Å². The Balaban J connectivity index is 1.37. The van der Waals surface area contributed by atoms with Crippen LogP contribution in [-0.4, -0.2) is 6.71 Å². The van der Waals surface area contributed by atoms with Gasteiger partial charge in [-0.2, -0.15) is 0 Å². The van der Waals surface area contributed by atoms with Crippen LogP contribution in [0.5, 0.6) is 0 Å². The van der Waals surface area contributed by atoms with E-state index in [2.05, 4.69) is 182 Å². The number of nitrogens with zero attached hydrogens (tertiary/aromatic N) is 2. The van der Waals surface area contributed by atoms with Crippen LogP contribution in [0.25, 0.3) is 0 Å². The molecule has 0 radical (unpaired) electrons. The minimum atomic E-state index is -2.34. The lowest BCUT2D eigenvalue weighted by Crippen LogP contribution is -2.62. The van der Waals surface area contributed by atoms with Gasteiger partial charge in [-0.05, 0) is 193 Å². The van der Waals surface area contributed by atoms with Gasteiger partial charge in [-0.1, -0.05) is 134 Å². The monoisotopic (exact) mass is 824 g/mol. The van der Waals surface area contributed by atoms with E-state index in [1.54, 1.807) is 0 Å². The Bertz CT molecular complexity index is 2900. The smallest absolute Gasteiger partial charge is 0.252 e. The highest BCUT2D eigenvalue weighted by Crippen LogP contribution is 2.57. The molecule has 3 aliphatic carbocycles. The third-order valence-electron chi connectivity index (χ3n) is 16.8. The quantitative estimate of drug-likeness (QED) is 0.160. The molecule has 0 saturated heterocycles. The van der Waals surface area contributed by atoms with E-state index < -0.39 is 6.85 Å². The zero-order valence-corrected chi connectivity index (χ0v) is 41.2. The lowest BCUT2D eigenvalue weighted by Gasteiger charge is -2.47. The van der Waals surface area contributed by atoms with Crippen molar-refractivity contribution in [3.05, 3.63) is 122 Å². The van der Waals surface area contributed by atoms with Crippen LogP contribution >= 0.6 is 0 Å². The molecule has 2 aliphatic heterocycles. The van der Waals surface area contributed by atoms with Crippen LogP contribution < -0.4 is 26.2 Å². The van der Waals surface area contributed by atoms with Crippen molar-refractivity contribution >= 4 is 57.2 Å². The molecule has 62 heavy (non-hydrogen) atoms. The molecule has 5 aromatic carbocycles. The molecule has 5 aliphatic rings. The molecule has 5 aromatic rings. The van der Waals surface area contributed by atoms with E-state index in [1.165, 1.54) is 72.1 Å². The van der Waals surface area contributed by atoms with Crippen LogP contribution in [0.1, 0.15) is 189 Å². The van der Waals surface area contributed by atoms with Crippen molar-refractivity contribution in [3.8, 4) is 0 Å². The van der Waals surface area contributed by atoms with Crippen molar-refractivity contribution in [3.63, 3.8) is 0 Å². The van der Waals surface area contributed by atoms with E-state index in [9.17, 15) is 0 Å². The second-order valence-electron chi connectivity index (χ2n) is 25.5. The maximum Gasteiger partial charge on any atom is 0.252 e. The van der Waals surface area contributed by atoms with Crippen molar-refractivity contribution in [2.45, 2.75) is 188 Å². The number of aryl methyl sites for hydroxylation is 2. The third-order valence-corrected chi connectivity index (χ3v) is 16.8. The van der Waals surface area contributed by atoms with Crippen molar-refractivity contribution in [1.82, 2.24) is 0 Å². The predicted octanol–water partition coefficient (Wildman–Crippen LogP) is 14.3. The first kappa shape index (κ1) is 38.2. The number of hydrogen-bond donors (Lipinski definition) is 0. The summed E-state index contributed by atoms with van der Waals surface area (Å²) in [5.41, 5.74) is 23.0. The zero-order valence-electron chi connectivity index (χ0n) is 44.2. The molecule has 10 rings (SSSR count). The molecule has 0 bridgehead atoms. The van der Waals surface area contributed by atoms with E-state index >= 15 is 0 Å². The first-order valence-corrected chi connectivity index (χ1v) is 23.7. The Morgan fingerprint density at radius 1 is 0.500 bits per heavy atom. The van der Waals surface area contributed by atoms with Gasteiger partial charge in [0.25, 0.3) is 6.71 Å². The third kappa shape index (κ3) is 5.74. The van der Waals surface area contributed by atoms with Gasteiger partial charge >= 0.3 is 0 Å². The van der Waals surface area contributed by atoms with Gasteiger partial charge in [0.05, 0.1) is 0 Å². The average Bonchev–Trinajstić information content (AvgIpc) is 3.49. The van der Waals surface area contributed by atoms with Crippen molar-refractivity contribution in [2.75, 3.05) is 9.80 Å². The van der Waals surface area contributed by atoms with E-state index in [0.717, 1.165) is 54.1 Å². The number of anilines is 6.